The first-order valence-corrected chi connectivity index (χ1v) is 11.4. The Morgan fingerprint density at radius 3 is 2.70 bits per heavy atom. The number of benzene rings is 3. The van der Waals surface area contributed by atoms with Crippen molar-refractivity contribution in [3.05, 3.63) is 107 Å². The number of hydrogen-bond acceptors (Lipinski definition) is 5. The summed E-state index contributed by atoms with van der Waals surface area (Å²) in [7, 11) is 1.58. The highest BCUT2D eigenvalue weighted by Gasteiger charge is 2.60. The normalized spacial score (nSPS) is 19.4. The summed E-state index contributed by atoms with van der Waals surface area (Å²) >= 11 is 1.53. The van der Waals surface area contributed by atoms with E-state index in [9.17, 15) is 8.78 Å². The number of hydrogen-bond donors (Lipinski definition) is 0. The second-order valence-corrected chi connectivity index (χ2v) is 8.68. The molecule has 5 rings (SSSR count). The number of ether oxygens (including phenoxy) is 2. The van der Waals surface area contributed by atoms with Crippen molar-refractivity contribution in [3.63, 3.8) is 0 Å². The van der Waals surface area contributed by atoms with Crippen molar-refractivity contribution >= 4 is 11.8 Å². The third kappa shape index (κ3) is 4.24. The molecule has 0 spiro atoms. The standard InChI is InChI=1S/C25H21F2N3O2S/c1-31-19-10-5-9-18(13-19)23-25(32-23,20-11-6-12-21(26)22(20)27)15-30-24(28-16-29-30)33-14-17-7-3-2-4-8-17/h2-13,16,23H,14-15H2,1H3. The van der Waals surface area contributed by atoms with Gasteiger partial charge in [0.15, 0.2) is 16.8 Å². The van der Waals surface area contributed by atoms with Gasteiger partial charge < -0.3 is 9.47 Å². The quantitative estimate of drug-likeness (QED) is 0.253. The molecule has 1 aromatic heterocycles. The maximum atomic E-state index is 14.9. The van der Waals surface area contributed by atoms with Crippen molar-refractivity contribution in [2.45, 2.75) is 29.2 Å². The van der Waals surface area contributed by atoms with Gasteiger partial charge in [-0.15, -0.1) is 0 Å². The Labute approximate surface area is 194 Å². The van der Waals surface area contributed by atoms with Crippen molar-refractivity contribution in [3.8, 4) is 5.75 Å². The van der Waals surface area contributed by atoms with Gasteiger partial charge >= 0.3 is 0 Å². The fourth-order valence-electron chi connectivity index (χ4n) is 3.98. The highest BCUT2D eigenvalue weighted by atomic mass is 32.2. The van der Waals surface area contributed by atoms with E-state index in [1.54, 1.807) is 17.9 Å². The lowest BCUT2D eigenvalue weighted by Gasteiger charge is -2.16. The van der Waals surface area contributed by atoms with Crippen LogP contribution in [0.25, 0.3) is 0 Å². The molecule has 0 aliphatic carbocycles. The van der Waals surface area contributed by atoms with Gasteiger partial charge in [-0.25, -0.2) is 18.4 Å². The lowest BCUT2D eigenvalue weighted by atomic mass is 9.91. The van der Waals surface area contributed by atoms with Crippen molar-refractivity contribution in [1.82, 2.24) is 14.8 Å². The monoisotopic (exact) mass is 465 g/mol. The fourth-order valence-corrected chi connectivity index (χ4v) is 4.85. The zero-order valence-electron chi connectivity index (χ0n) is 17.8. The first kappa shape index (κ1) is 21.6. The van der Waals surface area contributed by atoms with Gasteiger partial charge in [-0.2, -0.15) is 5.10 Å². The number of halogens is 2. The molecule has 0 saturated carbocycles. The molecule has 2 unspecified atom stereocenters. The zero-order chi connectivity index (χ0) is 22.8. The first-order valence-electron chi connectivity index (χ1n) is 10.4. The van der Waals surface area contributed by atoms with Crippen LogP contribution in [0, 0.1) is 11.6 Å². The molecule has 0 amide bonds. The summed E-state index contributed by atoms with van der Waals surface area (Å²) in [5.41, 5.74) is 1.01. The van der Waals surface area contributed by atoms with Crippen molar-refractivity contribution in [2.24, 2.45) is 0 Å². The molecule has 1 aliphatic rings. The smallest absolute Gasteiger partial charge is 0.186 e. The average molecular weight is 466 g/mol. The van der Waals surface area contributed by atoms with E-state index in [4.69, 9.17) is 9.47 Å². The second-order valence-electron chi connectivity index (χ2n) is 7.74. The lowest BCUT2D eigenvalue weighted by Crippen LogP contribution is -2.22. The van der Waals surface area contributed by atoms with E-state index in [1.807, 2.05) is 54.6 Å². The molecule has 168 valence electrons. The van der Waals surface area contributed by atoms with Gasteiger partial charge in [0.1, 0.15) is 23.8 Å². The van der Waals surface area contributed by atoms with Crippen molar-refractivity contribution in [1.29, 1.82) is 0 Å². The molecule has 8 heteroatoms. The zero-order valence-corrected chi connectivity index (χ0v) is 18.6. The van der Waals surface area contributed by atoms with E-state index in [0.717, 1.165) is 17.2 Å². The summed E-state index contributed by atoms with van der Waals surface area (Å²) in [4.78, 5) is 4.37. The van der Waals surface area contributed by atoms with E-state index in [1.165, 1.54) is 24.2 Å². The van der Waals surface area contributed by atoms with E-state index in [2.05, 4.69) is 10.1 Å². The summed E-state index contributed by atoms with van der Waals surface area (Å²) in [5.74, 6) is -0.455. The van der Waals surface area contributed by atoms with Gasteiger partial charge in [0.25, 0.3) is 0 Å². The molecule has 0 N–H and O–H groups in total. The Morgan fingerprint density at radius 1 is 1.06 bits per heavy atom. The molecule has 2 atom stereocenters. The number of nitrogens with zero attached hydrogens (tertiary/aromatic N) is 3. The number of rotatable bonds is 8. The average Bonchev–Trinajstić information content (AvgIpc) is 3.41. The van der Waals surface area contributed by atoms with Crippen LogP contribution in [0.2, 0.25) is 0 Å². The van der Waals surface area contributed by atoms with Gasteiger partial charge in [0, 0.05) is 11.3 Å². The number of methoxy groups -OCH3 is 1. The van der Waals surface area contributed by atoms with Crippen LogP contribution in [0.5, 0.6) is 5.75 Å². The highest BCUT2D eigenvalue weighted by Crippen LogP contribution is 2.59. The number of epoxide rings is 1. The molecular formula is C25H21F2N3O2S. The van der Waals surface area contributed by atoms with Crippen LogP contribution in [0.1, 0.15) is 22.8 Å². The van der Waals surface area contributed by atoms with Crippen molar-refractivity contribution in [2.75, 3.05) is 7.11 Å². The van der Waals surface area contributed by atoms with Crippen LogP contribution in [-0.4, -0.2) is 21.9 Å². The molecule has 3 aromatic carbocycles. The van der Waals surface area contributed by atoms with Crippen LogP contribution < -0.4 is 4.74 Å². The largest absolute Gasteiger partial charge is 0.497 e. The van der Waals surface area contributed by atoms with Crippen LogP contribution in [-0.2, 0) is 22.6 Å². The van der Waals surface area contributed by atoms with E-state index in [-0.39, 0.29) is 12.1 Å². The summed E-state index contributed by atoms with van der Waals surface area (Å²) in [6.45, 7) is 0.187. The van der Waals surface area contributed by atoms with Crippen LogP contribution >= 0.6 is 11.8 Å². The number of thioether (sulfide) groups is 1. The molecule has 1 aliphatic heterocycles. The van der Waals surface area contributed by atoms with Crippen LogP contribution in [0.15, 0.2) is 84.3 Å². The van der Waals surface area contributed by atoms with Crippen LogP contribution in [0.3, 0.4) is 0 Å². The Morgan fingerprint density at radius 2 is 1.88 bits per heavy atom. The number of aromatic nitrogens is 3. The Balaban J connectivity index is 1.47. The molecule has 1 saturated heterocycles. The minimum Gasteiger partial charge on any atom is -0.497 e. The Hall–Kier alpha value is -3.23. The van der Waals surface area contributed by atoms with Gasteiger partial charge in [0.2, 0.25) is 0 Å². The predicted molar refractivity (Wildman–Crippen MR) is 121 cm³/mol. The molecule has 0 bridgehead atoms. The summed E-state index contributed by atoms with van der Waals surface area (Å²) in [6, 6.07) is 21.6. The van der Waals surface area contributed by atoms with Gasteiger partial charge in [0.05, 0.1) is 13.7 Å². The van der Waals surface area contributed by atoms with Gasteiger partial charge in [-0.3, -0.25) is 0 Å². The fraction of sp³-hybridized carbons (Fsp3) is 0.200. The molecule has 4 aromatic rings. The maximum absolute atomic E-state index is 14.9. The maximum Gasteiger partial charge on any atom is 0.186 e. The Kier molecular flexibility index (Phi) is 5.86. The molecule has 1 fully saturated rings. The highest BCUT2D eigenvalue weighted by molar-refractivity contribution is 7.98. The van der Waals surface area contributed by atoms with Gasteiger partial charge in [-0.1, -0.05) is 66.4 Å². The third-order valence-electron chi connectivity index (χ3n) is 5.67. The molecule has 2 heterocycles. The molecule has 5 nitrogen and oxygen atoms in total. The minimum atomic E-state index is -1.12. The molecule has 0 radical (unpaired) electrons. The molecule has 33 heavy (non-hydrogen) atoms. The van der Waals surface area contributed by atoms with E-state index in [0.29, 0.717) is 16.7 Å². The summed E-state index contributed by atoms with van der Waals surface area (Å²) in [6.07, 6.45) is 0.978. The van der Waals surface area contributed by atoms with Crippen molar-refractivity contribution < 1.29 is 18.3 Å². The topological polar surface area (TPSA) is 52.5 Å². The lowest BCUT2D eigenvalue weighted by molar-refractivity contribution is 0.249. The Bertz CT molecular complexity index is 1270. The van der Waals surface area contributed by atoms with E-state index >= 15 is 0 Å². The summed E-state index contributed by atoms with van der Waals surface area (Å²) in [5, 5.41) is 5.03. The predicted octanol–water partition coefficient (Wildman–Crippen LogP) is 5.52. The van der Waals surface area contributed by atoms with Crippen LogP contribution in [0.4, 0.5) is 8.78 Å². The van der Waals surface area contributed by atoms with Gasteiger partial charge in [-0.05, 0) is 29.3 Å². The minimum absolute atomic E-state index is 0.157. The first-order chi connectivity index (χ1) is 16.1. The van der Waals surface area contributed by atoms with E-state index < -0.39 is 23.3 Å². The molecular weight excluding hydrogens is 444 g/mol. The second kappa shape index (κ2) is 8.96. The third-order valence-corrected chi connectivity index (χ3v) is 6.73. The SMILES string of the molecule is COc1cccc(C2OC2(Cn2ncnc2SCc2ccccc2)c2cccc(F)c2F)c1. The summed E-state index contributed by atoms with van der Waals surface area (Å²) < 4.78 is 42.3.